The Morgan fingerprint density at radius 2 is 2.15 bits per heavy atom. The minimum absolute atomic E-state index is 0.125. The molecule has 0 saturated carbocycles. The van der Waals surface area contributed by atoms with Crippen LogP contribution in [-0.2, 0) is 11.2 Å². The topological polar surface area (TPSA) is 71.2 Å². The summed E-state index contributed by atoms with van der Waals surface area (Å²) in [6, 6.07) is 11.3. The Labute approximate surface area is 155 Å². The molecule has 0 unspecified atom stereocenters. The average Bonchev–Trinajstić information content (AvgIpc) is 3.14. The second-order valence-electron chi connectivity index (χ2n) is 5.93. The molecule has 0 radical (unpaired) electrons. The van der Waals surface area contributed by atoms with Crippen molar-refractivity contribution in [1.82, 2.24) is 10.3 Å². The Morgan fingerprint density at radius 3 is 2.88 bits per heavy atom. The molecule has 3 rings (SSSR count). The van der Waals surface area contributed by atoms with Crippen LogP contribution in [0, 0.1) is 0 Å². The summed E-state index contributed by atoms with van der Waals surface area (Å²) in [5, 5.41) is 5.76. The van der Waals surface area contributed by atoms with Crippen LogP contribution < -0.4 is 15.6 Å². The van der Waals surface area contributed by atoms with Crippen LogP contribution >= 0.6 is 11.3 Å². The number of pyridine rings is 1. The molecule has 2 aromatic heterocycles. The number of nitrogens with one attached hydrogen (secondary N) is 2. The molecule has 0 saturated heterocycles. The van der Waals surface area contributed by atoms with E-state index in [1.54, 1.807) is 31.4 Å². The Bertz CT molecular complexity index is 1000. The van der Waals surface area contributed by atoms with E-state index >= 15 is 0 Å². The van der Waals surface area contributed by atoms with Crippen molar-refractivity contribution in [3.8, 4) is 5.75 Å². The highest BCUT2D eigenvalue weighted by Crippen LogP contribution is 2.18. The van der Waals surface area contributed by atoms with Gasteiger partial charge < -0.3 is 15.0 Å². The smallest absolute Gasteiger partial charge is 0.251 e. The van der Waals surface area contributed by atoms with E-state index < -0.39 is 0 Å². The number of amides is 1. The number of ether oxygens (including phenoxy) is 1. The van der Waals surface area contributed by atoms with Gasteiger partial charge >= 0.3 is 0 Å². The molecule has 6 heteroatoms. The summed E-state index contributed by atoms with van der Waals surface area (Å²) < 4.78 is 5.17. The fraction of sp³-hybridized carbons (Fsp3) is 0.200. The lowest BCUT2D eigenvalue weighted by atomic mass is 10.1. The summed E-state index contributed by atoms with van der Waals surface area (Å²) >= 11 is 1.58. The Morgan fingerprint density at radius 1 is 1.31 bits per heavy atom. The van der Waals surface area contributed by atoms with Crippen molar-refractivity contribution in [3.63, 3.8) is 0 Å². The normalized spacial score (nSPS) is 11.5. The number of hydrogen-bond acceptors (Lipinski definition) is 4. The highest BCUT2D eigenvalue weighted by Gasteiger charge is 2.07. The molecule has 0 bridgehead atoms. The predicted octanol–water partition coefficient (Wildman–Crippen LogP) is 3.36. The molecule has 0 atom stereocenters. The third kappa shape index (κ3) is 4.21. The number of benzene rings is 1. The van der Waals surface area contributed by atoms with Crippen LogP contribution in [0.5, 0.6) is 5.75 Å². The number of rotatable bonds is 6. The maximum Gasteiger partial charge on any atom is 0.251 e. The van der Waals surface area contributed by atoms with Crippen molar-refractivity contribution < 1.29 is 9.53 Å². The first kappa shape index (κ1) is 17.9. The van der Waals surface area contributed by atoms with Gasteiger partial charge in [0, 0.05) is 28.6 Å². The van der Waals surface area contributed by atoms with Gasteiger partial charge in [0.2, 0.25) is 5.91 Å². The quantitative estimate of drug-likeness (QED) is 0.656. The molecule has 0 aliphatic heterocycles. The first-order valence-corrected chi connectivity index (χ1v) is 9.15. The van der Waals surface area contributed by atoms with Gasteiger partial charge in [-0.1, -0.05) is 6.07 Å². The number of carbonyl (C=O) groups is 1. The van der Waals surface area contributed by atoms with Gasteiger partial charge in [-0.25, -0.2) is 0 Å². The number of H-pyrrole nitrogens is 1. The van der Waals surface area contributed by atoms with Crippen LogP contribution in [0.4, 0.5) is 0 Å². The SMILES string of the molecule is COc1ccc2cc(CCNC(=O)/C(C)=C/c3cccs3)c(=O)[nH]c2c1. The minimum Gasteiger partial charge on any atom is -0.497 e. The van der Waals surface area contributed by atoms with E-state index in [4.69, 9.17) is 4.74 Å². The lowest BCUT2D eigenvalue weighted by molar-refractivity contribution is -0.117. The molecule has 5 nitrogen and oxygen atoms in total. The molecule has 2 heterocycles. The molecule has 26 heavy (non-hydrogen) atoms. The number of carbonyl (C=O) groups excluding carboxylic acids is 1. The highest BCUT2D eigenvalue weighted by atomic mass is 32.1. The van der Waals surface area contributed by atoms with Gasteiger partial charge in [0.25, 0.3) is 5.56 Å². The molecule has 0 fully saturated rings. The average molecular weight is 368 g/mol. The van der Waals surface area contributed by atoms with Gasteiger partial charge in [0.15, 0.2) is 0 Å². The first-order valence-electron chi connectivity index (χ1n) is 8.27. The number of fused-ring (bicyclic) bond motifs is 1. The van der Waals surface area contributed by atoms with Crippen LogP contribution in [0.1, 0.15) is 17.4 Å². The number of aromatic nitrogens is 1. The van der Waals surface area contributed by atoms with Crippen LogP contribution in [0.25, 0.3) is 17.0 Å². The van der Waals surface area contributed by atoms with E-state index in [2.05, 4.69) is 10.3 Å². The first-order chi connectivity index (χ1) is 12.6. The monoisotopic (exact) mass is 368 g/mol. The van der Waals surface area contributed by atoms with E-state index in [0.717, 1.165) is 15.8 Å². The van der Waals surface area contributed by atoms with Gasteiger partial charge in [-0.2, -0.15) is 0 Å². The molecule has 134 valence electrons. The third-order valence-corrected chi connectivity index (χ3v) is 4.89. The minimum atomic E-state index is -0.147. The summed E-state index contributed by atoms with van der Waals surface area (Å²) in [5.74, 6) is 0.571. The van der Waals surface area contributed by atoms with E-state index in [9.17, 15) is 9.59 Å². The molecule has 0 aliphatic carbocycles. The van der Waals surface area contributed by atoms with Crippen molar-refractivity contribution in [2.75, 3.05) is 13.7 Å². The van der Waals surface area contributed by atoms with Crippen molar-refractivity contribution in [2.45, 2.75) is 13.3 Å². The Kier molecular flexibility index (Phi) is 5.53. The predicted molar refractivity (Wildman–Crippen MR) is 106 cm³/mol. The molecule has 1 amide bonds. The molecule has 0 spiro atoms. The van der Waals surface area contributed by atoms with Gasteiger partial charge in [-0.05, 0) is 54.5 Å². The summed E-state index contributed by atoms with van der Waals surface area (Å²) in [5.41, 5.74) is 1.87. The van der Waals surface area contributed by atoms with Crippen LogP contribution in [0.15, 0.2) is 52.1 Å². The number of hydrogen-bond donors (Lipinski definition) is 2. The fourth-order valence-corrected chi connectivity index (χ4v) is 3.36. The van der Waals surface area contributed by atoms with Crippen molar-refractivity contribution in [2.24, 2.45) is 0 Å². The Hall–Kier alpha value is -2.86. The van der Waals surface area contributed by atoms with Crippen LogP contribution in [-0.4, -0.2) is 24.5 Å². The molecule has 2 N–H and O–H groups in total. The van der Waals surface area contributed by atoms with E-state index in [0.29, 0.717) is 29.9 Å². The molecule has 3 aromatic rings. The van der Waals surface area contributed by atoms with Crippen molar-refractivity contribution in [3.05, 3.63) is 68.1 Å². The van der Waals surface area contributed by atoms with Gasteiger partial charge in [-0.3, -0.25) is 9.59 Å². The summed E-state index contributed by atoms with van der Waals surface area (Å²) in [7, 11) is 1.59. The number of thiophene rings is 1. The maximum absolute atomic E-state index is 12.2. The zero-order chi connectivity index (χ0) is 18.5. The van der Waals surface area contributed by atoms with Crippen LogP contribution in [0.3, 0.4) is 0 Å². The molecule has 1 aromatic carbocycles. The zero-order valence-electron chi connectivity index (χ0n) is 14.7. The van der Waals surface area contributed by atoms with E-state index in [-0.39, 0.29) is 11.5 Å². The van der Waals surface area contributed by atoms with E-state index in [1.165, 1.54) is 0 Å². The fourth-order valence-electron chi connectivity index (χ4n) is 2.64. The van der Waals surface area contributed by atoms with Gasteiger partial charge in [0.1, 0.15) is 5.75 Å². The van der Waals surface area contributed by atoms with Gasteiger partial charge in [-0.15, -0.1) is 11.3 Å². The van der Waals surface area contributed by atoms with Crippen LogP contribution in [0.2, 0.25) is 0 Å². The maximum atomic E-state index is 12.2. The standard InChI is InChI=1S/C20H20N2O3S/c1-13(10-17-4-3-9-26-17)19(23)21-8-7-15-11-14-5-6-16(25-2)12-18(14)22-20(15)24/h3-6,9-12H,7-8H2,1-2H3,(H,21,23)(H,22,24)/b13-10+. The van der Waals surface area contributed by atoms with E-state index in [1.807, 2.05) is 41.8 Å². The lowest BCUT2D eigenvalue weighted by Gasteiger charge is -2.07. The van der Waals surface area contributed by atoms with Gasteiger partial charge in [0.05, 0.1) is 12.6 Å². The third-order valence-electron chi connectivity index (χ3n) is 4.07. The summed E-state index contributed by atoms with van der Waals surface area (Å²) in [6.07, 6.45) is 2.32. The largest absolute Gasteiger partial charge is 0.497 e. The molecule has 0 aliphatic rings. The lowest BCUT2D eigenvalue weighted by Crippen LogP contribution is -2.27. The molecular formula is C20H20N2O3S. The van der Waals surface area contributed by atoms with Crippen molar-refractivity contribution >= 4 is 34.2 Å². The molecular weight excluding hydrogens is 348 g/mol. The summed E-state index contributed by atoms with van der Waals surface area (Å²) in [6.45, 7) is 2.18. The zero-order valence-corrected chi connectivity index (χ0v) is 15.5. The highest BCUT2D eigenvalue weighted by molar-refractivity contribution is 7.10. The second kappa shape index (κ2) is 8.01. The number of aromatic amines is 1. The Balaban J connectivity index is 1.65. The summed E-state index contributed by atoms with van der Waals surface area (Å²) in [4.78, 5) is 28.3. The van der Waals surface area contributed by atoms with Crippen molar-refractivity contribution in [1.29, 1.82) is 0 Å². The number of methoxy groups -OCH3 is 1. The second-order valence-corrected chi connectivity index (χ2v) is 6.90.